The second-order valence-corrected chi connectivity index (χ2v) is 4.92. The van der Waals surface area contributed by atoms with Crippen molar-refractivity contribution in [2.45, 2.75) is 38.3 Å². The van der Waals surface area contributed by atoms with Crippen molar-refractivity contribution in [3.05, 3.63) is 35.9 Å². The molecule has 0 heterocycles. The highest BCUT2D eigenvalue weighted by Gasteiger charge is 2.38. The molecule has 0 spiro atoms. The summed E-state index contributed by atoms with van der Waals surface area (Å²) in [5.41, 5.74) is -0.757. The average molecular weight is 313 g/mol. The molecule has 0 aliphatic carbocycles. The largest absolute Gasteiger partial charge is 0.445 e. The predicted octanol–water partition coefficient (Wildman–Crippen LogP) is 3.35. The van der Waals surface area contributed by atoms with E-state index in [9.17, 15) is 18.4 Å². The van der Waals surface area contributed by atoms with Crippen molar-refractivity contribution >= 4 is 11.9 Å². The summed E-state index contributed by atoms with van der Waals surface area (Å²) in [6.45, 7) is -0.0474. The molecule has 0 atom stereocenters. The van der Waals surface area contributed by atoms with Gasteiger partial charge in [0.05, 0.1) is 13.3 Å². The van der Waals surface area contributed by atoms with Gasteiger partial charge in [-0.05, 0) is 5.56 Å². The first-order chi connectivity index (χ1) is 10.6. The molecule has 0 radical (unpaired) electrons. The van der Waals surface area contributed by atoms with Crippen LogP contribution >= 0.6 is 0 Å². The standard InChI is InChI=1S/C16H21F2NO3/c1-2-14(20)16(8-10-17,9-11-18)19-15(21)22-12-13-6-4-3-5-7-13/h3-7H,2,8-12H2,1H3,(H,19,21). The number of rotatable bonds is 9. The number of alkyl halides is 2. The van der Waals surface area contributed by atoms with Crippen LogP contribution in [-0.2, 0) is 16.1 Å². The lowest BCUT2D eigenvalue weighted by Gasteiger charge is -2.31. The lowest BCUT2D eigenvalue weighted by molar-refractivity contribution is -0.126. The molecule has 0 bridgehead atoms. The summed E-state index contributed by atoms with van der Waals surface area (Å²) in [6.07, 6.45) is -1.29. The minimum absolute atomic E-state index is 0.0221. The van der Waals surface area contributed by atoms with Crippen molar-refractivity contribution < 1.29 is 23.1 Å². The molecule has 122 valence electrons. The summed E-state index contributed by atoms with van der Waals surface area (Å²) < 4.78 is 30.5. The minimum atomic E-state index is -1.54. The molecule has 1 amide bonds. The van der Waals surface area contributed by atoms with Gasteiger partial charge in [-0.1, -0.05) is 37.3 Å². The number of hydrogen-bond donors (Lipinski definition) is 1. The number of ketones is 1. The van der Waals surface area contributed by atoms with E-state index in [4.69, 9.17) is 4.74 Å². The summed E-state index contributed by atoms with van der Waals surface area (Å²) >= 11 is 0. The van der Waals surface area contributed by atoms with E-state index in [1.165, 1.54) is 0 Å². The zero-order valence-electron chi connectivity index (χ0n) is 12.6. The molecular weight excluding hydrogens is 292 g/mol. The summed E-state index contributed by atoms with van der Waals surface area (Å²) in [6, 6.07) is 8.99. The Balaban J connectivity index is 2.71. The fraction of sp³-hybridized carbons (Fsp3) is 0.500. The fourth-order valence-electron chi connectivity index (χ4n) is 2.21. The lowest BCUT2D eigenvalue weighted by Crippen LogP contribution is -2.55. The predicted molar refractivity (Wildman–Crippen MR) is 79.0 cm³/mol. The van der Waals surface area contributed by atoms with E-state index in [-0.39, 0.29) is 25.9 Å². The number of carbonyl (C=O) groups is 2. The molecule has 22 heavy (non-hydrogen) atoms. The summed E-state index contributed by atoms with van der Waals surface area (Å²) in [4.78, 5) is 23.9. The van der Waals surface area contributed by atoms with Gasteiger partial charge in [0, 0.05) is 19.3 Å². The number of amides is 1. The Hall–Kier alpha value is -1.98. The van der Waals surface area contributed by atoms with E-state index >= 15 is 0 Å². The van der Waals surface area contributed by atoms with Gasteiger partial charge in [-0.25, -0.2) is 4.79 Å². The van der Waals surface area contributed by atoms with Crippen molar-refractivity contribution in [1.29, 1.82) is 0 Å². The smallest absolute Gasteiger partial charge is 0.408 e. The van der Waals surface area contributed by atoms with Crippen LogP contribution in [0.3, 0.4) is 0 Å². The van der Waals surface area contributed by atoms with Crippen LogP contribution in [0.5, 0.6) is 0 Å². The molecule has 0 fully saturated rings. The second kappa shape index (κ2) is 9.12. The number of hydrogen-bond acceptors (Lipinski definition) is 3. The van der Waals surface area contributed by atoms with E-state index in [0.29, 0.717) is 0 Å². The van der Waals surface area contributed by atoms with Gasteiger partial charge in [-0.2, -0.15) is 0 Å². The first-order valence-electron chi connectivity index (χ1n) is 7.22. The van der Waals surface area contributed by atoms with E-state index in [2.05, 4.69) is 5.32 Å². The maximum absolute atomic E-state index is 12.7. The molecule has 0 saturated heterocycles. The molecule has 4 nitrogen and oxygen atoms in total. The van der Waals surface area contributed by atoms with Crippen molar-refractivity contribution in [1.82, 2.24) is 5.32 Å². The third-order valence-electron chi connectivity index (χ3n) is 3.45. The highest BCUT2D eigenvalue weighted by molar-refractivity contribution is 5.91. The van der Waals surface area contributed by atoms with Gasteiger partial charge in [0.15, 0.2) is 5.78 Å². The van der Waals surface area contributed by atoms with Gasteiger partial charge < -0.3 is 10.1 Å². The third kappa shape index (κ3) is 5.09. The number of halogens is 2. The molecule has 0 aromatic heterocycles. The Bertz CT molecular complexity index is 474. The van der Waals surface area contributed by atoms with Gasteiger partial charge in [-0.15, -0.1) is 0 Å². The zero-order valence-corrected chi connectivity index (χ0v) is 12.6. The normalized spacial score (nSPS) is 11.0. The third-order valence-corrected chi connectivity index (χ3v) is 3.45. The maximum atomic E-state index is 12.7. The van der Waals surface area contributed by atoms with Gasteiger partial charge in [0.2, 0.25) is 0 Å². The highest BCUT2D eigenvalue weighted by Crippen LogP contribution is 2.20. The first kappa shape index (κ1) is 18.1. The quantitative estimate of drug-likeness (QED) is 0.760. The van der Waals surface area contributed by atoms with Crippen LogP contribution < -0.4 is 5.32 Å². The van der Waals surface area contributed by atoms with Gasteiger partial charge >= 0.3 is 6.09 Å². The van der Waals surface area contributed by atoms with Crippen molar-refractivity contribution in [3.8, 4) is 0 Å². The number of alkyl carbamates (subject to hydrolysis) is 1. The first-order valence-corrected chi connectivity index (χ1v) is 7.22. The Kier molecular flexibility index (Phi) is 7.49. The molecule has 1 aromatic rings. The summed E-state index contributed by atoms with van der Waals surface area (Å²) in [5.74, 6) is -0.403. The Morgan fingerprint density at radius 1 is 1.14 bits per heavy atom. The number of benzene rings is 1. The van der Waals surface area contributed by atoms with Crippen LogP contribution in [0.1, 0.15) is 31.7 Å². The van der Waals surface area contributed by atoms with Crippen LogP contribution in [0.4, 0.5) is 13.6 Å². The maximum Gasteiger partial charge on any atom is 0.408 e. The SMILES string of the molecule is CCC(=O)C(CCF)(CCF)NC(=O)OCc1ccccc1. The molecule has 0 aliphatic rings. The Morgan fingerprint density at radius 3 is 2.23 bits per heavy atom. The number of carbonyl (C=O) groups excluding carboxylic acids is 2. The summed E-state index contributed by atoms with van der Waals surface area (Å²) in [5, 5.41) is 2.36. The Labute approximate surface area is 128 Å². The fourth-order valence-corrected chi connectivity index (χ4v) is 2.21. The Morgan fingerprint density at radius 2 is 1.73 bits per heavy atom. The van der Waals surface area contributed by atoms with E-state index < -0.39 is 30.8 Å². The molecular formula is C16H21F2NO3. The average Bonchev–Trinajstić information content (AvgIpc) is 2.53. The van der Waals surface area contributed by atoms with Crippen molar-refractivity contribution in [2.75, 3.05) is 13.3 Å². The molecule has 1 N–H and O–H groups in total. The minimum Gasteiger partial charge on any atom is -0.445 e. The number of nitrogens with one attached hydrogen (secondary N) is 1. The summed E-state index contributed by atoms with van der Waals surface area (Å²) in [7, 11) is 0. The van der Waals surface area contributed by atoms with Crippen LogP contribution in [0.15, 0.2) is 30.3 Å². The van der Waals surface area contributed by atoms with Crippen molar-refractivity contribution in [3.63, 3.8) is 0 Å². The highest BCUT2D eigenvalue weighted by atomic mass is 19.1. The molecule has 1 aromatic carbocycles. The van der Waals surface area contributed by atoms with E-state index in [1.54, 1.807) is 31.2 Å². The van der Waals surface area contributed by atoms with Gasteiger partial charge in [0.1, 0.15) is 12.1 Å². The topological polar surface area (TPSA) is 55.4 Å². The van der Waals surface area contributed by atoms with Crippen LogP contribution in [-0.4, -0.2) is 30.8 Å². The zero-order chi connectivity index (χ0) is 16.4. The molecule has 1 rings (SSSR count). The number of ether oxygens (including phenoxy) is 1. The van der Waals surface area contributed by atoms with Gasteiger partial charge in [-0.3, -0.25) is 13.6 Å². The van der Waals surface area contributed by atoms with Crippen molar-refractivity contribution in [2.24, 2.45) is 0 Å². The molecule has 6 heteroatoms. The van der Waals surface area contributed by atoms with E-state index in [0.717, 1.165) is 5.56 Å². The second-order valence-electron chi connectivity index (χ2n) is 4.92. The van der Waals surface area contributed by atoms with Crippen LogP contribution in [0, 0.1) is 0 Å². The van der Waals surface area contributed by atoms with Crippen LogP contribution in [0.25, 0.3) is 0 Å². The molecule has 0 aliphatic heterocycles. The van der Waals surface area contributed by atoms with Gasteiger partial charge in [0.25, 0.3) is 0 Å². The van der Waals surface area contributed by atoms with E-state index in [1.807, 2.05) is 6.07 Å². The monoisotopic (exact) mass is 313 g/mol. The molecule has 0 unspecified atom stereocenters. The molecule has 0 saturated carbocycles. The lowest BCUT2D eigenvalue weighted by atomic mass is 9.86. The number of Topliss-reactive ketones (excluding diaryl/α,β-unsaturated/α-hetero) is 1. The van der Waals surface area contributed by atoms with Crippen LogP contribution in [0.2, 0.25) is 0 Å².